The Balaban J connectivity index is 2.90. The van der Waals surface area contributed by atoms with Gasteiger partial charge in [0, 0.05) is 25.3 Å². The second-order valence-corrected chi connectivity index (χ2v) is 9.33. The number of hydrogen-bond donors (Lipinski definition) is 10. The number of benzene rings is 1. The van der Waals surface area contributed by atoms with E-state index < -0.39 is 47.8 Å². The molecule has 0 aliphatic rings. The first kappa shape index (κ1) is 34.0. The molecule has 0 aliphatic carbocycles. The summed E-state index contributed by atoms with van der Waals surface area (Å²) in [6.07, 6.45) is 1.42. The number of nitrogens with two attached hydrogens (primary N) is 6. The predicted molar refractivity (Wildman–Crippen MR) is 157 cm³/mol. The lowest BCUT2D eigenvalue weighted by Gasteiger charge is -2.25. The Morgan fingerprint density at radius 2 is 1.23 bits per heavy atom. The number of amides is 4. The van der Waals surface area contributed by atoms with Crippen LogP contribution in [0, 0.1) is 0 Å². The molecule has 15 N–H and O–H groups in total. The van der Waals surface area contributed by atoms with Crippen molar-refractivity contribution in [1.29, 1.82) is 0 Å². The monoisotopic (exact) mass is 579 g/mol. The molecule has 0 saturated carbocycles. The maximum Gasteiger partial charge on any atom is 0.244 e. The quantitative estimate of drug-likeness (QED) is 0.0357. The van der Waals surface area contributed by atoms with Crippen LogP contribution in [0.5, 0.6) is 0 Å². The molecular formula is C24H41N11O4S. The van der Waals surface area contributed by atoms with Crippen LogP contribution in [0.4, 0.5) is 0 Å². The lowest BCUT2D eigenvalue weighted by Crippen LogP contribution is -2.58. The van der Waals surface area contributed by atoms with Crippen LogP contribution in [0.2, 0.25) is 0 Å². The van der Waals surface area contributed by atoms with Crippen LogP contribution < -0.4 is 50.4 Å². The Morgan fingerprint density at radius 3 is 1.75 bits per heavy atom. The highest BCUT2D eigenvalue weighted by Gasteiger charge is 2.29. The molecule has 0 spiro atoms. The molecular weight excluding hydrogens is 538 g/mol. The van der Waals surface area contributed by atoms with Crippen molar-refractivity contribution in [2.75, 3.05) is 18.8 Å². The summed E-state index contributed by atoms with van der Waals surface area (Å²) in [5, 5.41) is 7.77. The number of primary amides is 1. The largest absolute Gasteiger partial charge is 0.370 e. The molecule has 40 heavy (non-hydrogen) atoms. The van der Waals surface area contributed by atoms with Crippen molar-refractivity contribution in [3.63, 3.8) is 0 Å². The van der Waals surface area contributed by atoms with Crippen LogP contribution >= 0.6 is 12.6 Å². The maximum absolute atomic E-state index is 13.3. The van der Waals surface area contributed by atoms with E-state index >= 15 is 0 Å². The normalized spacial score (nSPS) is 13.6. The second kappa shape index (κ2) is 18.3. The summed E-state index contributed by atoms with van der Waals surface area (Å²) < 4.78 is 0. The third-order valence-electron chi connectivity index (χ3n) is 5.64. The molecule has 0 aromatic heterocycles. The van der Waals surface area contributed by atoms with Crippen LogP contribution in [0.15, 0.2) is 40.3 Å². The van der Waals surface area contributed by atoms with E-state index in [9.17, 15) is 19.2 Å². The van der Waals surface area contributed by atoms with Gasteiger partial charge >= 0.3 is 0 Å². The van der Waals surface area contributed by atoms with Gasteiger partial charge in [-0.05, 0) is 31.2 Å². The van der Waals surface area contributed by atoms with Crippen molar-refractivity contribution in [3.8, 4) is 0 Å². The number of guanidine groups is 2. The number of rotatable bonds is 18. The zero-order valence-corrected chi connectivity index (χ0v) is 23.2. The third-order valence-corrected chi connectivity index (χ3v) is 6.01. The van der Waals surface area contributed by atoms with Crippen molar-refractivity contribution in [2.45, 2.75) is 56.3 Å². The summed E-state index contributed by atoms with van der Waals surface area (Å²) in [4.78, 5) is 58.4. The van der Waals surface area contributed by atoms with Crippen LogP contribution in [-0.4, -0.2) is 78.6 Å². The first-order chi connectivity index (χ1) is 18.9. The summed E-state index contributed by atoms with van der Waals surface area (Å²) in [6.45, 7) is 0.544. The molecule has 0 saturated heterocycles. The van der Waals surface area contributed by atoms with E-state index in [-0.39, 0.29) is 43.5 Å². The zero-order chi connectivity index (χ0) is 30.1. The van der Waals surface area contributed by atoms with E-state index in [1.165, 1.54) is 0 Å². The van der Waals surface area contributed by atoms with Gasteiger partial charge in [0.25, 0.3) is 0 Å². The maximum atomic E-state index is 13.3. The SMILES string of the molecule is NC(=O)[C@H](CCCN=C(N)N)NC(=O)[C@H](CS)NC(=O)[C@H](Cc1ccccc1)NC(=O)[C@@H](N)CCCN=C(N)N. The average molecular weight is 580 g/mol. The van der Waals surface area contributed by atoms with Gasteiger partial charge in [-0.1, -0.05) is 30.3 Å². The smallest absolute Gasteiger partial charge is 0.244 e. The average Bonchev–Trinajstić information content (AvgIpc) is 2.90. The Morgan fingerprint density at radius 1 is 0.725 bits per heavy atom. The van der Waals surface area contributed by atoms with Crippen molar-refractivity contribution >= 4 is 48.2 Å². The number of carbonyl (C=O) groups is 4. The third kappa shape index (κ3) is 13.7. The highest BCUT2D eigenvalue weighted by atomic mass is 32.1. The number of carbonyl (C=O) groups excluding carboxylic acids is 4. The highest BCUT2D eigenvalue weighted by molar-refractivity contribution is 7.80. The van der Waals surface area contributed by atoms with E-state index in [1.807, 2.05) is 6.07 Å². The first-order valence-electron chi connectivity index (χ1n) is 12.7. The van der Waals surface area contributed by atoms with Crippen LogP contribution in [-0.2, 0) is 25.6 Å². The lowest BCUT2D eigenvalue weighted by atomic mass is 10.0. The van der Waals surface area contributed by atoms with Gasteiger partial charge in [0.05, 0.1) is 6.04 Å². The fourth-order valence-electron chi connectivity index (χ4n) is 3.52. The molecule has 4 amide bonds. The zero-order valence-electron chi connectivity index (χ0n) is 22.3. The minimum atomic E-state index is -1.13. The Labute approximate surface area is 238 Å². The fourth-order valence-corrected chi connectivity index (χ4v) is 3.77. The van der Waals surface area contributed by atoms with E-state index in [1.54, 1.807) is 24.3 Å². The molecule has 0 bridgehead atoms. The predicted octanol–water partition coefficient (Wildman–Crippen LogP) is -3.47. The summed E-state index contributed by atoms with van der Waals surface area (Å²) in [5.41, 5.74) is 33.4. The highest BCUT2D eigenvalue weighted by Crippen LogP contribution is 2.06. The lowest BCUT2D eigenvalue weighted by molar-refractivity contribution is -0.133. The molecule has 4 atom stereocenters. The molecule has 222 valence electrons. The van der Waals surface area contributed by atoms with Gasteiger partial charge in [-0.3, -0.25) is 29.2 Å². The first-order valence-corrected chi connectivity index (χ1v) is 13.3. The van der Waals surface area contributed by atoms with Crippen LogP contribution in [0.25, 0.3) is 0 Å². The Hall–Kier alpha value is -4.05. The molecule has 0 radical (unpaired) electrons. The molecule has 0 unspecified atom stereocenters. The number of nitrogens with one attached hydrogen (secondary N) is 3. The topological polar surface area (TPSA) is 285 Å². The van der Waals surface area contributed by atoms with E-state index in [4.69, 9.17) is 34.4 Å². The van der Waals surface area contributed by atoms with Gasteiger partial charge in [-0.15, -0.1) is 0 Å². The summed E-state index contributed by atoms with van der Waals surface area (Å²) >= 11 is 4.17. The molecule has 15 nitrogen and oxygen atoms in total. The molecule has 0 heterocycles. The standard InChI is InChI=1S/C24H41N11O4S/c25-15(8-4-10-31-23(27)28)20(37)34-17(12-14-6-2-1-3-7-14)21(38)35-18(13-40)22(39)33-16(19(26)36)9-5-11-32-24(29)30/h1-3,6-7,15-18,40H,4-5,8-13,25H2,(H2,26,36)(H,33,39)(H,34,37)(H,35,38)(H4,27,28,31)(H4,29,30,32)/t15-,16-,17-,18-/m0/s1. The molecule has 1 aromatic rings. The van der Waals surface area contributed by atoms with E-state index in [0.717, 1.165) is 5.56 Å². The summed E-state index contributed by atoms with van der Waals surface area (Å²) in [6, 6.07) is 4.88. The van der Waals surface area contributed by atoms with Gasteiger partial charge < -0.3 is 50.4 Å². The van der Waals surface area contributed by atoms with Crippen molar-refractivity contribution < 1.29 is 19.2 Å². The van der Waals surface area contributed by atoms with E-state index in [0.29, 0.717) is 19.4 Å². The van der Waals surface area contributed by atoms with Crippen molar-refractivity contribution in [3.05, 3.63) is 35.9 Å². The van der Waals surface area contributed by atoms with Crippen LogP contribution in [0.3, 0.4) is 0 Å². The Kier molecular flexibility index (Phi) is 15.5. The number of hydrogen-bond acceptors (Lipinski definition) is 8. The van der Waals surface area contributed by atoms with Gasteiger partial charge in [-0.2, -0.15) is 12.6 Å². The molecule has 1 aromatic carbocycles. The second-order valence-electron chi connectivity index (χ2n) is 8.96. The fraction of sp³-hybridized carbons (Fsp3) is 0.500. The minimum Gasteiger partial charge on any atom is -0.370 e. The molecule has 1 rings (SSSR count). The van der Waals surface area contributed by atoms with Gasteiger partial charge in [0.15, 0.2) is 11.9 Å². The number of thiol groups is 1. The molecule has 0 fully saturated rings. The van der Waals surface area contributed by atoms with E-state index in [2.05, 4.69) is 38.6 Å². The van der Waals surface area contributed by atoms with Crippen molar-refractivity contribution in [2.24, 2.45) is 44.4 Å². The molecule has 16 heteroatoms. The minimum absolute atomic E-state index is 0.0616. The van der Waals surface area contributed by atoms with Crippen molar-refractivity contribution in [1.82, 2.24) is 16.0 Å². The number of nitrogens with zero attached hydrogens (tertiary/aromatic N) is 2. The summed E-state index contributed by atoms with van der Waals surface area (Å²) in [7, 11) is 0. The Bertz CT molecular complexity index is 1030. The van der Waals surface area contributed by atoms with Gasteiger partial charge in [0.1, 0.15) is 18.1 Å². The van der Waals surface area contributed by atoms with Crippen LogP contribution in [0.1, 0.15) is 31.2 Å². The number of aliphatic imine (C=N–C) groups is 2. The van der Waals surface area contributed by atoms with Gasteiger partial charge in [0.2, 0.25) is 23.6 Å². The molecule has 0 aliphatic heterocycles. The summed E-state index contributed by atoms with van der Waals surface area (Å²) in [5.74, 6) is -2.87. The van der Waals surface area contributed by atoms with Gasteiger partial charge in [-0.25, -0.2) is 0 Å².